The molecule has 0 fully saturated rings. The van der Waals surface area contributed by atoms with Crippen molar-refractivity contribution < 1.29 is 19.6 Å². The predicted octanol–water partition coefficient (Wildman–Crippen LogP) is 0.874. The minimum atomic E-state index is -1.19. The van der Waals surface area contributed by atoms with E-state index in [1.807, 2.05) is 0 Å². The van der Waals surface area contributed by atoms with Gasteiger partial charge in [0.2, 0.25) is 11.5 Å². The highest BCUT2D eigenvalue weighted by Crippen LogP contribution is 2.24. The molecule has 1 aliphatic rings. The average Bonchev–Trinajstić information content (AvgIpc) is 2.36. The number of ketones is 2. The summed E-state index contributed by atoms with van der Waals surface area (Å²) < 4.78 is 0. The number of rotatable bonds is 0. The zero-order valence-corrected chi connectivity index (χ0v) is 8.99. The van der Waals surface area contributed by atoms with Gasteiger partial charge >= 0.3 is 0 Å². The maximum Gasteiger partial charge on any atom is 0.298 e. The molecule has 7 heteroatoms. The maximum absolute atomic E-state index is 11.8. The van der Waals surface area contributed by atoms with E-state index in [2.05, 4.69) is 10.5 Å². The molecule has 1 aliphatic heterocycles. The Hall–Kier alpha value is -2.21. The second-order valence-electron chi connectivity index (χ2n) is 3.25. The highest BCUT2D eigenvalue weighted by molar-refractivity contribution is 6.83. The molecule has 0 radical (unpaired) electrons. The van der Waals surface area contributed by atoms with Crippen LogP contribution in [0, 0.1) is 0 Å². The topological polar surface area (TPSA) is 95.8 Å². The third-order valence-electron chi connectivity index (χ3n) is 2.21. The molecule has 0 saturated carbocycles. The second-order valence-corrected chi connectivity index (χ2v) is 3.69. The van der Waals surface area contributed by atoms with Crippen LogP contribution in [0.15, 0.2) is 23.4 Å². The van der Waals surface area contributed by atoms with Crippen LogP contribution in [0.4, 0.5) is 5.69 Å². The first kappa shape index (κ1) is 11.3. The van der Waals surface area contributed by atoms with Crippen molar-refractivity contribution in [2.75, 3.05) is 5.32 Å². The van der Waals surface area contributed by atoms with Crippen LogP contribution in [0.3, 0.4) is 0 Å². The van der Waals surface area contributed by atoms with Crippen molar-refractivity contribution in [3.05, 3.63) is 28.8 Å². The fourth-order valence-electron chi connectivity index (χ4n) is 1.43. The number of oxime groups is 1. The molecule has 0 unspecified atom stereocenters. The lowest BCUT2D eigenvalue weighted by atomic mass is 10.0. The van der Waals surface area contributed by atoms with Crippen LogP contribution in [-0.2, 0) is 9.59 Å². The quantitative estimate of drug-likeness (QED) is 0.407. The summed E-state index contributed by atoms with van der Waals surface area (Å²) in [5.41, 5.74) is -0.663. The smallest absolute Gasteiger partial charge is 0.298 e. The lowest BCUT2D eigenvalue weighted by molar-refractivity contribution is -0.130. The molecule has 1 aromatic carbocycles. The molecule has 0 aromatic heterocycles. The van der Waals surface area contributed by atoms with E-state index in [1.54, 1.807) is 0 Å². The van der Waals surface area contributed by atoms with Gasteiger partial charge in [-0.1, -0.05) is 16.8 Å². The van der Waals surface area contributed by atoms with E-state index in [1.165, 1.54) is 18.2 Å². The van der Waals surface area contributed by atoms with Crippen LogP contribution in [0.5, 0.6) is 0 Å². The Bertz CT molecular complexity index is 580. The van der Waals surface area contributed by atoms with E-state index in [0.29, 0.717) is 5.02 Å². The summed E-state index contributed by atoms with van der Waals surface area (Å²) in [6, 6.07) is 4.10. The number of hydrogen-bond donors (Lipinski definition) is 2. The predicted molar refractivity (Wildman–Crippen MR) is 58.6 cm³/mol. The molecule has 0 atom stereocenters. The molecular weight excluding hydrogens is 248 g/mol. The van der Waals surface area contributed by atoms with Crippen molar-refractivity contribution in [2.24, 2.45) is 5.16 Å². The summed E-state index contributed by atoms with van der Waals surface area (Å²) in [5, 5.41) is 13.7. The highest BCUT2D eigenvalue weighted by atomic mass is 35.5. The van der Waals surface area contributed by atoms with Crippen LogP contribution in [-0.4, -0.2) is 28.4 Å². The Morgan fingerprint density at radius 2 is 1.88 bits per heavy atom. The SMILES string of the molecule is O=C1Nc2cc(Cl)ccc2C(=O)C(=NO)C1=O. The Morgan fingerprint density at radius 1 is 1.18 bits per heavy atom. The van der Waals surface area contributed by atoms with Gasteiger partial charge in [0.15, 0.2) is 0 Å². The molecule has 1 heterocycles. The fraction of sp³-hybridized carbons (Fsp3) is 0. The molecule has 1 amide bonds. The van der Waals surface area contributed by atoms with Gasteiger partial charge < -0.3 is 10.5 Å². The first-order valence-corrected chi connectivity index (χ1v) is 4.84. The lowest BCUT2D eigenvalue weighted by Crippen LogP contribution is -2.31. The number of nitrogens with one attached hydrogen (secondary N) is 1. The number of halogens is 1. The lowest BCUT2D eigenvalue weighted by Gasteiger charge is -2.04. The molecule has 0 saturated heterocycles. The summed E-state index contributed by atoms with van der Waals surface area (Å²) in [4.78, 5) is 34.5. The van der Waals surface area contributed by atoms with Gasteiger partial charge in [0, 0.05) is 10.6 Å². The van der Waals surface area contributed by atoms with Gasteiger partial charge in [-0.2, -0.15) is 0 Å². The van der Waals surface area contributed by atoms with Crippen molar-refractivity contribution in [3.63, 3.8) is 0 Å². The van der Waals surface area contributed by atoms with E-state index in [9.17, 15) is 14.4 Å². The van der Waals surface area contributed by atoms with Crippen LogP contribution in [0.1, 0.15) is 10.4 Å². The van der Waals surface area contributed by atoms with Crippen molar-refractivity contribution in [2.45, 2.75) is 0 Å². The molecule has 2 N–H and O–H groups in total. The van der Waals surface area contributed by atoms with Crippen LogP contribution in [0.2, 0.25) is 5.02 Å². The Balaban J connectivity index is 2.67. The normalized spacial score (nSPS) is 17.7. The largest absolute Gasteiger partial charge is 0.410 e. The second kappa shape index (κ2) is 3.99. The molecule has 0 bridgehead atoms. The van der Waals surface area contributed by atoms with E-state index in [4.69, 9.17) is 16.8 Å². The van der Waals surface area contributed by atoms with Gasteiger partial charge in [-0.15, -0.1) is 0 Å². The zero-order valence-electron chi connectivity index (χ0n) is 8.23. The summed E-state index contributed by atoms with van der Waals surface area (Å²) in [5.74, 6) is -3.07. The maximum atomic E-state index is 11.8. The van der Waals surface area contributed by atoms with Crippen LogP contribution in [0.25, 0.3) is 0 Å². The number of nitrogens with zero attached hydrogens (tertiary/aromatic N) is 1. The molecular formula is C10H5ClN2O4. The minimum absolute atomic E-state index is 0.0430. The summed E-state index contributed by atoms with van der Waals surface area (Å²) in [6.45, 7) is 0. The van der Waals surface area contributed by atoms with E-state index < -0.39 is 23.2 Å². The monoisotopic (exact) mass is 252 g/mol. The number of carbonyl (C=O) groups is 3. The molecule has 0 spiro atoms. The Labute approximate surface area is 99.9 Å². The summed E-state index contributed by atoms with van der Waals surface area (Å²) >= 11 is 5.70. The molecule has 2 rings (SSSR count). The molecule has 6 nitrogen and oxygen atoms in total. The number of anilines is 1. The third-order valence-corrected chi connectivity index (χ3v) is 2.45. The van der Waals surface area contributed by atoms with Gasteiger partial charge in [0.05, 0.1) is 5.69 Å². The van der Waals surface area contributed by atoms with Crippen LogP contribution >= 0.6 is 11.6 Å². The number of fused-ring (bicyclic) bond motifs is 1. The van der Waals surface area contributed by atoms with Gasteiger partial charge in [-0.25, -0.2) is 0 Å². The number of amides is 1. The van der Waals surface area contributed by atoms with Gasteiger partial charge in [0.25, 0.3) is 11.7 Å². The number of Topliss-reactive ketones (excluding diaryl/α,β-unsaturated/α-hetero) is 2. The number of benzene rings is 1. The summed E-state index contributed by atoms with van der Waals surface area (Å²) in [6.07, 6.45) is 0. The van der Waals surface area contributed by atoms with E-state index >= 15 is 0 Å². The number of carbonyl (C=O) groups excluding carboxylic acids is 3. The molecule has 1 aromatic rings. The van der Waals surface area contributed by atoms with Gasteiger partial charge in [-0.3, -0.25) is 14.4 Å². The van der Waals surface area contributed by atoms with Gasteiger partial charge in [-0.05, 0) is 18.2 Å². The standard InChI is InChI=1S/C10H5ClN2O4/c11-4-1-2-5-6(3-4)12-10(16)9(15)7(13-17)8(5)14/h1-3,17H,(H,12,16). The molecule has 0 aliphatic carbocycles. The van der Waals surface area contributed by atoms with Crippen molar-refractivity contribution in [1.29, 1.82) is 0 Å². The molecule has 86 valence electrons. The van der Waals surface area contributed by atoms with E-state index in [0.717, 1.165) is 0 Å². The van der Waals surface area contributed by atoms with Crippen LogP contribution < -0.4 is 5.32 Å². The minimum Gasteiger partial charge on any atom is -0.410 e. The van der Waals surface area contributed by atoms with E-state index in [-0.39, 0.29) is 11.3 Å². The average molecular weight is 253 g/mol. The van der Waals surface area contributed by atoms with Crippen molar-refractivity contribution in [1.82, 2.24) is 0 Å². The van der Waals surface area contributed by atoms with Crippen molar-refractivity contribution >= 4 is 40.5 Å². The fourth-order valence-corrected chi connectivity index (χ4v) is 1.60. The molecule has 17 heavy (non-hydrogen) atoms. The first-order chi connectivity index (χ1) is 8.04. The van der Waals surface area contributed by atoms with Gasteiger partial charge in [0.1, 0.15) is 0 Å². The highest BCUT2D eigenvalue weighted by Gasteiger charge is 2.33. The van der Waals surface area contributed by atoms with Crippen molar-refractivity contribution in [3.8, 4) is 0 Å². The summed E-state index contributed by atoms with van der Waals surface area (Å²) in [7, 11) is 0. The Morgan fingerprint density at radius 3 is 2.53 bits per heavy atom. The number of hydrogen-bond acceptors (Lipinski definition) is 5. The Kier molecular flexibility index (Phi) is 2.64. The zero-order chi connectivity index (χ0) is 12.6. The third kappa shape index (κ3) is 1.78. The first-order valence-electron chi connectivity index (χ1n) is 4.46.